The molecular formula is C16H23ClN2. The molecule has 0 atom stereocenters. The maximum atomic E-state index is 6.78. The van der Waals surface area contributed by atoms with E-state index in [9.17, 15) is 0 Å². The van der Waals surface area contributed by atoms with Crippen molar-refractivity contribution in [2.45, 2.75) is 39.0 Å². The lowest BCUT2D eigenvalue weighted by Crippen LogP contribution is -2.30. The Kier molecular flexibility index (Phi) is 3.99. The number of halogens is 1. The van der Waals surface area contributed by atoms with Crippen molar-refractivity contribution in [2.75, 3.05) is 31.1 Å². The maximum absolute atomic E-state index is 6.78. The van der Waals surface area contributed by atoms with Crippen molar-refractivity contribution in [1.29, 1.82) is 0 Å². The van der Waals surface area contributed by atoms with E-state index < -0.39 is 0 Å². The van der Waals surface area contributed by atoms with Gasteiger partial charge < -0.3 is 10.2 Å². The Morgan fingerprint density at radius 2 is 2.05 bits per heavy atom. The second-order valence-corrected chi connectivity index (χ2v) is 6.05. The van der Waals surface area contributed by atoms with Crippen LogP contribution in [0.5, 0.6) is 0 Å². The molecule has 3 rings (SSSR count). The van der Waals surface area contributed by atoms with Gasteiger partial charge in [-0.25, -0.2) is 0 Å². The molecular weight excluding hydrogens is 256 g/mol. The summed E-state index contributed by atoms with van der Waals surface area (Å²) in [4.78, 5) is 2.50. The van der Waals surface area contributed by atoms with Crippen LogP contribution in [0.3, 0.4) is 0 Å². The lowest BCUT2D eigenvalue weighted by Gasteiger charge is -2.33. The molecule has 0 aliphatic carbocycles. The van der Waals surface area contributed by atoms with Gasteiger partial charge in [0.25, 0.3) is 0 Å². The van der Waals surface area contributed by atoms with E-state index >= 15 is 0 Å². The fourth-order valence-electron chi connectivity index (χ4n) is 3.44. The van der Waals surface area contributed by atoms with Crippen LogP contribution < -0.4 is 10.2 Å². The van der Waals surface area contributed by atoms with Crippen LogP contribution >= 0.6 is 11.6 Å². The molecule has 0 bridgehead atoms. The Morgan fingerprint density at radius 1 is 1.21 bits per heavy atom. The summed E-state index contributed by atoms with van der Waals surface area (Å²) in [6.07, 6.45) is 5.84. The molecule has 1 N–H and O–H groups in total. The minimum atomic E-state index is 1.05. The summed E-state index contributed by atoms with van der Waals surface area (Å²) in [7, 11) is 0. The molecule has 0 saturated carbocycles. The highest BCUT2D eigenvalue weighted by Crippen LogP contribution is 2.39. The van der Waals surface area contributed by atoms with Gasteiger partial charge in [0.2, 0.25) is 0 Å². The molecule has 0 aromatic heterocycles. The van der Waals surface area contributed by atoms with Gasteiger partial charge in [0.15, 0.2) is 0 Å². The van der Waals surface area contributed by atoms with Gasteiger partial charge in [0.05, 0.1) is 10.7 Å². The number of benzene rings is 1. The van der Waals surface area contributed by atoms with E-state index in [2.05, 4.69) is 23.2 Å². The van der Waals surface area contributed by atoms with E-state index in [1.807, 2.05) is 0 Å². The highest BCUT2D eigenvalue weighted by atomic mass is 35.5. The molecule has 0 amide bonds. The first-order valence-corrected chi connectivity index (χ1v) is 7.98. The van der Waals surface area contributed by atoms with Crippen LogP contribution in [0.1, 0.15) is 36.5 Å². The number of rotatable bonds is 2. The van der Waals surface area contributed by atoms with Crippen molar-refractivity contribution < 1.29 is 0 Å². The second-order valence-electron chi connectivity index (χ2n) is 5.68. The van der Waals surface area contributed by atoms with E-state index in [0.29, 0.717) is 0 Å². The third kappa shape index (κ3) is 2.48. The van der Waals surface area contributed by atoms with Crippen molar-refractivity contribution in [3.63, 3.8) is 0 Å². The smallest absolute Gasteiger partial charge is 0.0677 e. The van der Waals surface area contributed by atoms with Crippen molar-refractivity contribution >= 4 is 17.3 Å². The van der Waals surface area contributed by atoms with Crippen LogP contribution in [0.25, 0.3) is 0 Å². The third-order valence-electron chi connectivity index (χ3n) is 4.32. The molecule has 0 radical (unpaired) electrons. The van der Waals surface area contributed by atoms with Crippen LogP contribution in [0, 0.1) is 0 Å². The summed E-state index contributed by atoms with van der Waals surface area (Å²) in [5, 5.41) is 4.52. The van der Waals surface area contributed by atoms with Crippen LogP contribution in [0.4, 0.5) is 5.69 Å². The Balaban J connectivity index is 2.07. The van der Waals surface area contributed by atoms with Gasteiger partial charge >= 0.3 is 0 Å². The van der Waals surface area contributed by atoms with E-state index in [1.165, 1.54) is 41.6 Å². The fraction of sp³-hybridized carbons (Fsp3) is 0.625. The molecule has 1 aromatic rings. The quantitative estimate of drug-likeness (QED) is 0.894. The number of nitrogens with one attached hydrogen (secondary N) is 1. The molecule has 2 nitrogen and oxygen atoms in total. The predicted octanol–water partition coefficient (Wildman–Crippen LogP) is 3.19. The van der Waals surface area contributed by atoms with Crippen molar-refractivity contribution in [3.8, 4) is 0 Å². The zero-order chi connectivity index (χ0) is 13.2. The summed E-state index contributed by atoms with van der Waals surface area (Å²) < 4.78 is 0. The Morgan fingerprint density at radius 3 is 2.89 bits per heavy atom. The molecule has 0 spiro atoms. The minimum absolute atomic E-state index is 1.05. The second kappa shape index (κ2) is 5.72. The molecule has 0 fully saturated rings. The molecule has 104 valence electrons. The average Bonchev–Trinajstić information content (AvgIpc) is 2.65. The molecule has 0 saturated heterocycles. The Labute approximate surface area is 121 Å². The maximum Gasteiger partial charge on any atom is 0.0677 e. The lowest BCUT2D eigenvalue weighted by molar-refractivity contribution is 0.679. The van der Waals surface area contributed by atoms with E-state index in [4.69, 9.17) is 11.6 Å². The van der Waals surface area contributed by atoms with Gasteiger partial charge in [-0.2, -0.15) is 0 Å². The van der Waals surface area contributed by atoms with Crippen molar-refractivity contribution in [3.05, 3.63) is 27.8 Å². The number of anilines is 1. The molecule has 0 unspecified atom stereocenters. The third-order valence-corrected chi connectivity index (χ3v) is 4.73. The van der Waals surface area contributed by atoms with Gasteiger partial charge in [0.1, 0.15) is 0 Å². The first-order valence-electron chi connectivity index (χ1n) is 7.60. The van der Waals surface area contributed by atoms with Gasteiger partial charge in [-0.1, -0.05) is 24.6 Å². The van der Waals surface area contributed by atoms with Crippen molar-refractivity contribution in [2.24, 2.45) is 0 Å². The zero-order valence-electron chi connectivity index (χ0n) is 11.8. The average molecular weight is 279 g/mol. The van der Waals surface area contributed by atoms with Gasteiger partial charge in [-0.05, 0) is 61.9 Å². The lowest BCUT2D eigenvalue weighted by atomic mass is 9.93. The number of hydrogen-bond acceptors (Lipinski definition) is 2. The number of fused-ring (bicyclic) bond motifs is 2. The van der Waals surface area contributed by atoms with E-state index in [0.717, 1.165) is 44.0 Å². The zero-order valence-corrected chi connectivity index (χ0v) is 12.5. The molecule has 2 aliphatic rings. The minimum Gasteiger partial charge on any atom is -0.370 e. The first-order chi connectivity index (χ1) is 9.31. The highest BCUT2D eigenvalue weighted by molar-refractivity contribution is 6.34. The molecule has 2 heterocycles. The first kappa shape index (κ1) is 13.3. The monoisotopic (exact) mass is 278 g/mol. The fourth-order valence-corrected chi connectivity index (χ4v) is 3.90. The van der Waals surface area contributed by atoms with Crippen LogP contribution in [-0.2, 0) is 19.3 Å². The summed E-state index contributed by atoms with van der Waals surface area (Å²) >= 11 is 6.78. The molecule has 3 heteroatoms. The molecule has 19 heavy (non-hydrogen) atoms. The number of hydrogen-bond donors (Lipinski definition) is 1. The van der Waals surface area contributed by atoms with E-state index in [-0.39, 0.29) is 0 Å². The largest absolute Gasteiger partial charge is 0.370 e. The van der Waals surface area contributed by atoms with E-state index in [1.54, 1.807) is 0 Å². The topological polar surface area (TPSA) is 15.3 Å². The predicted molar refractivity (Wildman–Crippen MR) is 82.6 cm³/mol. The normalized spacial score (nSPS) is 18.7. The number of aryl methyl sites for hydroxylation is 1. The summed E-state index contributed by atoms with van der Waals surface area (Å²) in [6.45, 7) is 6.68. The molecule has 1 aromatic carbocycles. The summed E-state index contributed by atoms with van der Waals surface area (Å²) in [5.74, 6) is 0. The van der Waals surface area contributed by atoms with Crippen LogP contribution in [0.2, 0.25) is 5.02 Å². The molecule has 2 aliphatic heterocycles. The Bertz CT molecular complexity index is 470. The van der Waals surface area contributed by atoms with Gasteiger partial charge in [0, 0.05) is 13.1 Å². The van der Waals surface area contributed by atoms with Crippen molar-refractivity contribution in [1.82, 2.24) is 5.32 Å². The number of nitrogens with zero attached hydrogens (tertiary/aromatic N) is 1. The van der Waals surface area contributed by atoms with Crippen LogP contribution in [0.15, 0.2) is 6.07 Å². The Hall–Kier alpha value is -0.730. The summed E-state index contributed by atoms with van der Waals surface area (Å²) in [6, 6.07) is 2.44. The van der Waals surface area contributed by atoms with Crippen LogP contribution in [-0.4, -0.2) is 26.2 Å². The highest BCUT2D eigenvalue weighted by Gasteiger charge is 2.24. The summed E-state index contributed by atoms with van der Waals surface area (Å²) in [5.41, 5.74) is 5.70. The van der Waals surface area contributed by atoms with Gasteiger partial charge in [-0.15, -0.1) is 0 Å². The standard InChI is InChI=1S/C16H23ClN2/c1-2-9-19-10-3-4-13-11-12-5-7-18-8-6-14(12)15(17)16(13)19/h11,18H,2-10H2,1H3. The van der Waals surface area contributed by atoms with Gasteiger partial charge in [-0.3, -0.25) is 0 Å². The SMILES string of the molecule is CCCN1CCCc2cc3c(c(Cl)c21)CCNCC3.